The van der Waals surface area contributed by atoms with E-state index in [2.05, 4.69) is 63.7 Å². The van der Waals surface area contributed by atoms with Crippen molar-refractivity contribution >= 4 is 16.4 Å². The van der Waals surface area contributed by atoms with Crippen molar-refractivity contribution in [3.05, 3.63) is 11.8 Å². The average Bonchev–Trinajstić information content (AvgIpc) is 2.44. The summed E-state index contributed by atoms with van der Waals surface area (Å²) < 4.78 is 6.29. The number of hydrogen-bond acceptors (Lipinski definition) is 1. The van der Waals surface area contributed by atoms with Gasteiger partial charge in [-0.05, 0) is 50.4 Å². The maximum Gasteiger partial charge on any atom is 0.241 e. The Morgan fingerprint density at radius 1 is 1.14 bits per heavy atom. The van der Waals surface area contributed by atoms with E-state index < -0.39 is 16.4 Å². The lowest BCUT2D eigenvalue weighted by atomic mass is 9.81. The first-order valence-electron chi connectivity index (χ1n) is 8.40. The maximum absolute atomic E-state index is 6.29. The second-order valence-electron chi connectivity index (χ2n) is 8.74. The van der Waals surface area contributed by atoms with Gasteiger partial charge in [-0.15, -0.1) is 11.5 Å². The van der Waals surface area contributed by atoms with Gasteiger partial charge >= 0.3 is 0 Å². The third-order valence-corrected chi connectivity index (χ3v) is 5.45. The van der Waals surface area contributed by atoms with E-state index in [9.17, 15) is 0 Å². The molecule has 0 saturated carbocycles. The molecule has 0 amide bonds. The number of allylic oxidation sites excluding steroid dienone is 2. The highest BCUT2D eigenvalue weighted by molar-refractivity contribution is 6.83. The largest absolute Gasteiger partial charge is 0.548 e. The summed E-state index contributed by atoms with van der Waals surface area (Å²) in [6.45, 7) is 16.1. The van der Waals surface area contributed by atoms with Crippen LogP contribution in [0.15, 0.2) is 11.8 Å². The van der Waals surface area contributed by atoms with Gasteiger partial charge in [-0.3, -0.25) is 0 Å². The molecule has 0 saturated heterocycles. The quantitative estimate of drug-likeness (QED) is 0.458. The number of rotatable bonds is 4. The highest BCUT2D eigenvalue weighted by atomic mass is 28.4. The van der Waals surface area contributed by atoms with Gasteiger partial charge in [0.25, 0.3) is 0 Å². The van der Waals surface area contributed by atoms with Crippen LogP contribution in [0.5, 0.6) is 0 Å². The fourth-order valence-corrected chi connectivity index (χ4v) is 4.31. The first-order valence-corrected chi connectivity index (χ1v) is 15.3. The molecule has 0 aromatic carbocycles. The summed E-state index contributed by atoms with van der Waals surface area (Å²) >= 11 is 0. The summed E-state index contributed by atoms with van der Waals surface area (Å²) in [4.78, 5) is 0. The molecule has 0 aromatic heterocycles. The Labute approximate surface area is 134 Å². The molecule has 1 unspecified atom stereocenters. The van der Waals surface area contributed by atoms with Crippen molar-refractivity contribution in [1.82, 2.24) is 0 Å². The first kappa shape index (κ1) is 18.6. The summed E-state index contributed by atoms with van der Waals surface area (Å²) in [5, 5.41) is 0. The molecule has 1 aliphatic rings. The molecular weight excluding hydrogens is 288 g/mol. The third kappa shape index (κ3) is 8.53. The lowest BCUT2D eigenvalue weighted by Crippen LogP contribution is -2.25. The van der Waals surface area contributed by atoms with Gasteiger partial charge in [0.15, 0.2) is 0 Å². The Balaban J connectivity index is 2.71. The van der Waals surface area contributed by atoms with Gasteiger partial charge in [-0.25, -0.2) is 0 Å². The van der Waals surface area contributed by atoms with Crippen LogP contribution in [0.2, 0.25) is 39.3 Å². The van der Waals surface area contributed by atoms with Crippen molar-refractivity contribution < 1.29 is 4.43 Å². The molecule has 120 valence electrons. The minimum absolute atomic E-state index is 0.277. The number of hydrogen-bond donors (Lipinski definition) is 0. The fraction of sp³-hybridized carbons (Fsp3) is 0.778. The van der Waals surface area contributed by atoms with E-state index in [4.69, 9.17) is 4.43 Å². The summed E-state index contributed by atoms with van der Waals surface area (Å²) in [5.41, 5.74) is 3.76. The molecular formula is C18H34OSi2. The van der Waals surface area contributed by atoms with Gasteiger partial charge in [0, 0.05) is 12.8 Å². The van der Waals surface area contributed by atoms with Crippen molar-refractivity contribution in [2.45, 2.75) is 84.7 Å². The molecule has 0 bridgehead atoms. The van der Waals surface area contributed by atoms with Crippen molar-refractivity contribution in [2.24, 2.45) is 5.41 Å². The molecule has 0 radical (unpaired) electrons. The monoisotopic (exact) mass is 322 g/mol. The van der Waals surface area contributed by atoms with E-state index in [0.717, 1.165) is 12.8 Å². The Morgan fingerprint density at radius 2 is 1.81 bits per heavy atom. The molecule has 1 rings (SSSR count). The molecule has 0 N–H and O–H groups in total. The van der Waals surface area contributed by atoms with Gasteiger partial charge < -0.3 is 4.43 Å². The molecule has 1 atom stereocenters. The zero-order valence-electron chi connectivity index (χ0n) is 15.2. The van der Waals surface area contributed by atoms with Crippen LogP contribution in [0.1, 0.15) is 45.4 Å². The van der Waals surface area contributed by atoms with Crippen molar-refractivity contribution in [3.63, 3.8) is 0 Å². The molecule has 0 spiro atoms. The molecule has 0 heterocycles. The van der Waals surface area contributed by atoms with Gasteiger partial charge in [-0.1, -0.05) is 33.0 Å². The molecule has 1 nitrogen and oxygen atoms in total. The molecule has 0 aromatic rings. The second kappa shape index (κ2) is 7.20. The molecule has 21 heavy (non-hydrogen) atoms. The molecule has 1 aliphatic carbocycles. The SMILES string of the molecule is CC1(CCC#C[Si](C)(C)C)C=C(O[Si](C)(C)C)CCCC1. The minimum atomic E-state index is -1.48. The lowest BCUT2D eigenvalue weighted by molar-refractivity contribution is 0.347. The van der Waals surface area contributed by atoms with Gasteiger partial charge in [0.1, 0.15) is 8.07 Å². The van der Waals surface area contributed by atoms with Crippen molar-refractivity contribution in [1.29, 1.82) is 0 Å². The molecule has 3 heteroatoms. The van der Waals surface area contributed by atoms with E-state index in [1.165, 1.54) is 31.4 Å². The highest BCUT2D eigenvalue weighted by Gasteiger charge is 2.26. The molecule has 0 aliphatic heterocycles. The van der Waals surface area contributed by atoms with E-state index in [0.29, 0.717) is 0 Å². The van der Waals surface area contributed by atoms with E-state index in [-0.39, 0.29) is 5.41 Å². The van der Waals surface area contributed by atoms with E-state index >= 15 is 0 Å². The van der Waals surface area contributed by atoms with Gasteiger partial charge in [0.2, 0.25) is 8.32 Å². The smallest absolute Gasteiger partial charge is 0.241 e. The van der Waals surface area contributed by atoms with Gasteiger partial charge in [-0.2, -0.15) is 0 Å². The average molecular weight is 323 g/mol. The van der Waals surface area contributed by atoms with Crippen LogP contribution in [0.25, 0.3) is 0 Å². The van der Waals surface area contributed by atoms with Crippen molar-refractivity contribution in [2.75, 3.05) is 0 Å². The Bertz CT molecular complexity index is 429. The molecule has 0 fully saturated rings. The summed E-state index contributed by atoms with van der Waals surface area (Å²) in [5.74, 6) is 4.69. The lowest BCUT2D eigenvalue weighted by Gasteiger charge is -2.27. The predicted molar refractivity (Wildman–Crippen MR) is 99.4 cm³/mol. The van der Waals surface area contributed by atoms with Crippen LogP contribution in [-0.2, 0) is 4.43 Å². The Hall–Kier alpha value is -0.466. The predicted octanol–water partition coefficient (Wildman–Crippen LogP) is 5.96. The topological polar surface area (TPSA) is 9.23 Å². The summed E-state index contributed by atoms with van der Waals surface area (Å²) in [6, 6.07) is 0. The zero-order valence-corrected chi connectivity index (χ0v) is 17.2. The zero-order chi connectivity index (χ0) is 16.1. The summed E-state index contributed by atoms with van der Waals surface area (Å²) in [7, 11) is -2.70. The van der Waals surface area contributed by atoms with Crippen LogP contribution < -0.4 is 0 Å². The van der Waals surface area contributed by atoms with E-state index in [1.54, 1.807) is 0 Å². The van der Waals surface area contributed by atoms with E-state index in [1.807, 2.05) is 0 Å². The Morgan fingerprint density at radius 3 is 2.38 bits per heavy atom. The first-order chi connectivity index (χ1) is 9.49. The second-order valence-corrected chi connectivity index (χ2v) is 17.9. The Kier molecular flexibility index (Phi) is 6.37. The summed E-state index contributed by atoms with van der Waals surface area (Å²) in [6.07, 6.45) is 9.62. The fourth-order valence-electron chi connectivity index (χ4n) is 2.71. The van der Waals surface area contributed by atoms with Crippen LogP contribution in [-0.4, -0.2) is 16.4 Å². The van der Waals surface area contributed by atoms with Crippen molar-refractivity contribution in [3.8, 4) is 11.5 Å². The minimum Gasteiger partial charge on any atom is -0.548 e. The van der Waals surface area contributed by atoms with Crippen LogP contribution in [0.4, 0.5) is 0 Å². The van der Waals surface area contributed by atoms with Crippen LogP contribution in [0, 0.1) is 16.9 Å². The maximum atomic E-state index is 6.29. The van der Waals surface area contributed by atoms with Crippen LogP contribution in [0.3, 0.4) is 0 Å². The van der Waals surface area contributed by atoms with Gasteiger partial charge in [0.05, 0.1) is 5.76 Å². The standard InChI is InChI=1S/C18H34OSi2/c1-18(14-10-11-15-20(2,3)4)13-9-8-12-17(16-18)19-21(5,6)7/h16H,8-10,12-14H2,1-7H3. The highest BCUT2D eigenvalue weighted by Crippen LogP contribution is 2.37. The van der Waals surface area contributed by atoms with Crippen LogP contribution >= 0.6 is 0 Å². The third-order valence-electron chi connectivity index (χ3n) is 3.65. The normalized spacial score (nSPS) is 23.7.